The maximum Gasteiger partial charge on any atom is 0.250 e. The van der Waals surface area contributed by atoms with Gasteiger partial charge < -0.3 is 4.52 Å². The van der Waals surface area contributed by atoms with Gasteiger partial charge in [-0.3, -0.25) is 0 Å². The van der Waals surface area contributed by atoms with Crippen molar-refractivity contribution in [2.45, 2.75) is 30.0 Å². The third-order valence-corrected chi connectivity index (χ3v) is 7.48. The summed E-state index contributed by atoms with van der Waals surface area (Å²) in [6.07, 6.45) is 0. The fraction of sp³-hybridized carbons (Fsp3) is 0.294. The highest BCUT2D eigenvalue weighted by Crippen LogP contribution is 2.48. The molecule has 6 nitrogen and oxygen atoms in total. The van der Waals surface area contributed by atoms with E-state index in [0.29, 0.717) is 16.6 Å². The fourth-order valence-corrected chi connectivity index (χ4v) is 5.65. The summed E-state index contributed by atoms with van der Waals surface area (Å²) in [7, 11) is -3.57. The minimum atomic E-state index is -3.57. The average molecular weight is 375 g/mol. The molecule has 0 saturated heterocycles. The topological polar surface area (TPSA) is 85.1 Å². The van der Waals surface area contributed by atoms with Crippen molar-refractivity contribution >= 4 is 21.4 Å². The third-order valence-electron chi connectivity index (χ3n) is 4.45. The molecule has 0 unspecified atom stereocenters. The van der Waals surface area contributed by atoms with Crippen LogP contribution in [0.25, 0.3) is 10.7 Å². The predicted octanol–water partition coefficient (Wildman–Crippen LogP) is 3.19. The van der Waals surface area contributed by atoms with Crippen molar-refractivity contribution in [2.75, 3.05) is 0 Å². The van der Waals surface area contributed by atoms with Gasteiger partial charge in [0.25, 0.3) is 0 Å². The number of sulfonamides is 1. The lowest BCUT2D eigenvalue weighted by molar-refractivity contribution is 0.394. The number of nitrogens with one attached hydrogen (secondary N) is 1. The van der Waals surface area contributed by atoms with E-state index in [2.05, 4.69) is 21.8 Å². The fourth-order valence-electron chi connectivity index (χ4n) is 3.05. The molecule has 1 aliphatic carbocycles. The van der Waals surface area contributed by atoms with E-state index in [-0.39, 0.29) is 22.1 Å². The molecule has 1 fully saturated rings. The number of benzene rings is 1. The van der Waals surface area contributed by atoms with Gasteiger partial charge in [-0.05, 0) is 23.6 Å². The van der Waals surface area contributed by atoms with Gasteiger partial charge in [0, 0.05) is 18.9 Å². The maximum absolute atomic E-state index is 12.7. The minimum absolute atomic E-state index is 0.0784. The van der Waals surface area contributed by atoms with Crippen LogP contribution in [0, 0.1) is 12.8 Å². The van der Waals surface area contributed by atoms with Crippen molar-refractivity contribution in [1.29, 1.82) is 0 Å². The second kappa shape index (κ2) is 6.05. The van der Waals surface area contributed by atoms with Gasteiger partial charge in [-0.15, -0.1) is 11.3 Å². The molecule has 4 rings (SSSR count). The summed E-state index contributed by atoms with van der Waals surface area (Å²) in [5.41, 5.74) is 1.16. The summed E-state index contributed by atoms with van der Waals surface area (Å²) in [5.74, 6) is 1.35. The lowest BCUT2D eigenvalue weighted by atomic mass is 10.1. The SMILES string of the molecule is Cc1nc(-c2ccc(S(=O)(=O)N[C@H]3[C@H](C)[C@@H]3c3ccccc3)s2)no1. The largest absolute Gasteiger partial charge is 0.339 e. The Morgan fingerprint density at radius 1 is 1.16 bits per heavy atom. The first-order valence-corrected chi connectivity index (χ1v) is 10.2. The standard InChI is InChI=1S/C17H17N3O3S2/c1-10-15(12-6-4-3-5-7-12)16(10)20-25(21,22)14-9-8-13(24-14)17-18-11(2)23-19-17/h3-10,15-16,20H,1-2H3/t10-,15-,16+/m1/s1. The van der Waals surface area contributed by atoms with Gasteiger partial charge in [-0.25, -0.2) is 13.1 Å². The van der Waals surface area contributed by atoms with Gasteiger partial charge in [0.05, 0.1) is 4.88 Å². The first kappa shape index (κ1) is 16.4. The zero-order valence-electron chi connectivity index (χ0n) is 13.7. The summed E-state index contributed by atoms with van der Waals surface area (Å²) in [5, 5.41) is 3.83. The molecule has 3 aromatic rings. The summed E-state index contributed by atoms with van der Waals surface area (Å²) in [6.45, 7) is 3.76. The van der Waals surface area contributed by atoms with Crippen LogP contribution < -0.4 is 4.72 Å². The van der Waals surface area contributed by atoms with Gasteiger partial charge in [-0.1, -0.05) is 42.4 Å². The molecule has 130 valence electrons. The van der Waals surface area contributed by atoms with Gasteiger partial charge >= 0.3 is 0 Å². The molecule has 0 aliphatic heterocycles. The number of aromatic nitrogens is 2. The molecule has 1 N–H and O–H groups in total. The van der Waals surface area contributed by atoms with Crippen LogP contribution in [0.4, 0.5) is 0 Å². The summed E-state index contributed by atoms with van der Waals surface area (Å²) in [4.78, 5) is 4.80. The van der Waals surface area contributed by atoms with E-state index in [1.165, 1.54) is 0 Å². The van der Waals surface area contributed by atoms with Gasteiger partial charge in [0.2, 0.25) is 21.7 Å². The van der Waals surface area contributed by atoms with Crippen molar-refractivity contribution in [3.63, 3.8) is 0 Å². The average Bonchev–Trinajstić information content (AvgIpc) is 3.02. The van der Waals surface area contributed by atoms with E-state index in [1.54, 1.807) is 19.1 Å². The number of hydrogen-bond donors (Lipinski definition) is 1. The van der Waals surface area contributed by atoms with Gasteiger partial charge in [0.1, 0.15) is 4.21 Å². The van der Waals surface area contributed by atoms with Crippen LogP contribution in [0.2, 0.25) is 0 Å². The molecule has 1 aromatic carbocycles. The summed E-state index contributed by atoms with van der Waals surface area (Å²) in [6, 6.07) is 13.2. The van der Waals surface area contributed by atoms with Crippen molar-refractivity contribution in [3.8, 4) is 10.7 Å². The Morgan fingerprint density at radius 2 is 1.92 bits per heavy atom. The smallest absolute Gasteiger partial charge is 0.250 e. The molecule has 25 heavy (non-hydrogen) atoms. The molecule has 2 heterocycles. The lowest BCUT2D eigenvalue weighted by Gasteiger charge is -2.04. The van der Waals surface area contributed by atoms with Crippen molar-refractivity contribution in [3.05, 3.63) is 53.9 Å². The first-order valence-electron chi connectivity index (χ1n) is 7.93. The van der Waals surface area contributed by atoms with E-state index in [1.807, 2.05) is 30.3 Å². The molecule has 2 aromatic heterocycles. The first-order chi connectivity index (χ1) is 12.0. The highest BCUT2D eigenvalue weighted by atomic mass is 32.2. The van der Waals surface area contributed by atoms with Crippen molar-refractivity contribution < 1.29 is 12.9 Å². The Hall–Kier alpha value is -2.03. The molecule has 1 aliphatic rings. The zero-order valence-corrected chi connectivity index (χ0v) is 15.3. The summed E-state index contributed by atoms with van der Waals surface area (Å²) >= 11 is 1.14. The highest BCUT2D eigenvalue weighted by Gasteiger charge is 2.49. The molecule has 0 amide bonds. The van der Waals surface area contributed by atoms with Crippen LogP contribution in [-0.4, -0.2) is 24.6 Å². The molecule has 0 radical (unpaired) electrons. The Bertz CT molecular complexity index is 995. The monoisotopic (exact) mass is 375 g/mol. The molecule has 8 heteroatoms. The van der Waals surface area contributed by atoms with Gasteiger partial charge in [-0.2, -0.15) is 4.98 Å². The van der Waals surface area contributed by atoms with Crippen molar-refractivity contribution in [1.82, 2.24) is 14.9 Å². The quantitative estimate of drug-likeness (QED) is 0.740. The number of nitrogens with zero attached hydrogens (tertiary/aromatic N) is 2. The third kappa shape index (κ3) is 3.12. The van der Waals surface area contributed by atoms with Crippen LogP contribution in [0.1, 0.15) is 24.3 Å². The van der Waals surface area contributed by atoms with Crippen LogP contribution in [0.3, 0.4) is 0 Å². The van der Waals surface area contributed by atoms with E-state index < -0.39 is 10.0 Å². The van der Waals surface area contributed by atoms with Crippen LogP contribution in [0.15, 0.2) is 51.2 Å². The summed E-state index contributed by atoms with van der Waals surface area (Å²) < 4.78 is 33.4. The number of thiophene rings is 1. The van der Waals surface area contributed by atoms with Crippen LogP contribution in [0.5, 0.6) is 0 Å². The Morgan fingerprint density at radius 3 is 2.60 bits per heavy atom. The molecule has 1 saturated carbocycles. The minimum Gasteiger partial charge on any atom is -0.339 e. The van der Waals surface area contributed by atoms with E-state index in [9.17, 15) is 8.42 Å². The Labute approximate surface area is 150 Å². The number of rotatable bonds is 5. The molecular weight excluding hydrogens is 358 g/mol. The van der Waals surface area contributed by atoms with Crippen molar-refractivity contribution in [2.24, 2.45) is 5.92 Å². The van der Waals surface area contributed by atoms with E-state index in [0.717, 1.165) is 16.9 Å². The van der Waals surface area contributed by atoms with E-state index in [4.69, 9.17) is 4.52 Å². The van der Waals surface area contributed by atoms with Crippen LogP contribution >= 0.6 is 11.3 Å². The second-order valence-corrected chi connectivity index (χ2v) is 9.22. The molecular formula is C17H17N3O3S2. The maximum atomic E-state index is 12.7. The molecule has 0 bridgehead atoms. The van der Waals surface area contributed by atoms with Crippen LogP contribution in [-0.2, 0) is 10.0 Å². The molecule has 0 spiro atoms. The van der Waals surface area contributed by atoms with Gasteiger partial charge in [0.15, 0.2) is 0 Å². The highest BCUT2D eigenvalue weighted by molar-refractivity contribution is 7.91. The Kier molecular flexibility index (Phi) is 3.98. The van der Waals surface area contributed by atoms with E-state index >= 15 is 0 Å². The Balaban J connectivity index is 1.52. The normalized spacial score (nSPS) is 22.9. The molecule has 3 atom stereocenters. The number of hydrogen-bond acceptors (Lipinski definition) is 6. The number of aryl methyl sites for hydroxylation is 1. The second-order valence-electron chi connectivity index (χ2n) is 6.20. The zero-order chi connectivity index (χ0) is 17.6. The lowest BCUT2D eigenvalue weighted by Crippen LogP contribution is -2.27. The predicted molar refractivity (Wildman–Crippen MR) is 94.8 cm³/mol.